The van der Waals surface area contributed by atoms with Gasteiger partial charge in [0.2, 0.25) is 10.0 Å². The summed E-state index contributed by atoms with van der Waals surface area (Å²) in [5.74, 6) is -0.203. The summed E-state index contributed by atoms with van der Waals surface area (Å²) in [6, 6.07) is 16.2. The van der Waals surface area contributed by atoms with Crippen molar-refractivity contribution in [3.8, 4) is 5.75 Å². The van der Waals surface area contributed by atoms with Gasteiger partial charge in [0.1, 0.15) is 11.6 Å². The third kappa shape index (κ3) is 7.05. The normalized spacial score (nSPS) is 12.2. The molecule has 0 aliphatic heterocycles. The topological polar surface area (TPSA) is 75.7 Å². The fourth-order valence-corrected chi connectivity index (χ4v) is 4.71. The van der Waals surface area contributed by atoms with Crippen molar-refractivity contribution >= 4 is 21.6 Å². The SMILES string of the molecule is Cc1cc(C)c([C@H](C)NC(=O)COc2ccc(N(Cc3ccc(F)cc3)S(C)(=O)=O)cc2)cc1C. The van der Waals surface area contributed by atoms with Crippen molar-refractivity contribution in [2.45, 2.75) is 40.3 Å². The van der Waals surface area contributed by atoms with Crippen LogP contribution < -0.4 is 14.4 Å². The molecule has 0 fully saturated rings. The summed E-state index contributed by atoms with van der Waals surface area (Å²) in [6.07, 6.45) is 1.11. The molecular formula is C27H31FN2O4S. The van der Waals surface area contributed by atoms with Crippen molar-refractivity contribution in [1.82, 2.24) is 5.32 Å². The van der Waals surface area contributed by atoms with Crippen LogP contribution in [0.5, 0.6) is 5.75 Å². The highest BCUT2D eigenvalue weighted by atomic mass is 32.2. The standard InChI is InChI=1S/C27H31FN2O4S/c1-18-14-20(3)26(15-19(18)2)21(4)29-27(31)17-34-25-12-10-24(11-13-25)30(35(5,32)33)16-22-6-8-23(28)9-7-22/h6-15,21H,16-17H2,1-5H3,(H,29,31)/t21-/m0/s1. The molecule has 0 saturated carbocycles. The Balaban J connectivity index is 1.62. The molecule has 0 aliphatic rings. The van der Waals surface area contributed by atoms with Gasteiger partial charge >= 0.3 is 0 Å². The Morgan fingerprint density at radius 1 is 0.971 bits per heavy atom. The summed E-state index contributed by atoms with van der Waals surface area (Å²) in [7, 11) is -3.58. The van der Waals surface area contributed by atoms with Gasteiger partial charge in [0.05, 0.1) is 24.5 Å². The first-order valence-corrected chi connectivity index (χ1v) is 13.1. The number of halogens is 1. The highest BCUT2D eigenvalue weighted by Gasteiger charge is 2.18. The molecule has 0 heterocycles. The summed E-state index contributed by atoms with van der Waals surface area (Å²) >= 11 is 0. The molecule has 186 valence electrons. The first-order chi connectivity index (χ1) is 16.4. The Kier molecular flexibility index (Phi) is 8.17. The molecule has 0 radical (unpaired) electrons. The highest BCUT2D eigenvalue weighted by molar-refractivity contribution is 7.92. The summed E-state index contributed by atoms with van der Waals surface area (Å²) < 4.78 is 44.7. The number of nitrogens with zero attached hydrogens (tertiary/aromatic N) is 1. The summed E-state index contributed by atoms with van der Waals surface area (Å²) in [4.78, 5) is 12.4. The van der Waals surface area contributed by atoms with Crippen LogP contribution in [-0.4, -0.2) is 27.2 Å². The molecule has 0 bridgehead atoms. The van der Waals surface area contributed by atoms with Crippen molar-refractivity contribution in [1.29, 1.82) is 0 Å². The number of anilines is 1. The molecule has 35 heavy (non-hydrogen) atoms. The molecule has 1 N–H and O–H groups in total. The maximum absolute atomic E-state index is 13.2. The van der Waals surface area contributed by atoms with Gasteiger partial charge in [-0.25, -0.2) is 12.8 Å². The molecular weight excluding hydrogens is 467 g/mol. The average molecular weight is 499 g/mol. The van der Waals surface area contributed by atoms with E-state index in [1.807, 2.05) is 20.8 Å². The van der Waals surface area contributed by atoms with E-state index in [-0.39, 0.29) is 30.9 Å². The van der Waals surface area contributed by atoms with Crippen molar-refractivity contribution in [2.75, 3.05) is 17.2 Å². The lowest BCUT2D eigenvalue weighted by atomic mass is 9.96. The average Bonchev–Trinajstić information content (AvgIpc) is 2.79. The van der Waals surface area contributed by atoms with Gasteiger partial charge in [-0.3, -0.25) is 9.10 Å². The minimum absolute atomic E-state index is 0.0670. The van der Waals surface area contributed by atoms with Gasteiger partial charge in [0.25, 0.3) is 5.91 Å². The van der Waals surface area contributed by atoms with Gasteiger partial charge in [0.15, 0.2) is 6.61 Å². The number of benzene rings is 3. The van der Waals surface area contributed by atoms with Crippen molar-refractivity contribution in [3.63, 3.8) is 0 Å². The van der Waals surface area contributed by atoms with E-state index >= 15 is 0 Å². The van der Waals surface area contributed by atoms with E-state index in [0.717, 1.165) is 17.4 Å². The van der Waals surface area contributed by atoms with E-state index in [0.29, 0.717) is 17.0 Å². The Hall–Kier alpha value is -3.39. The minimum Gasteiger partial charge on any atom is -0.484 e. The second-order valence-electron chi connectivity index (χ2n) is 8.76. The third-order valence-corrected chi connectivity index (χ3v) is 7.00. The predicted octanol–water partition coefficient (Wildman–Crippen LogP) is 4.97. The number of rotatable bonds is 9. The molecule has 3 aromatic rings. The lowest BCUT2D eigenvalue weighted by molar-refractivity contribution is -0.123. The first kappa shape index (κ1) is 26.2. The minimum atomic E-state index is -3.58. The second kappa shape index (κ2) is 10.9. The molecule has 0 aliphatic carbocycles. The molecule has 3 aromatic carbocycles. The number of nitrogens with one attached hydrogen (secondary N) is 1. The van der Waals surface area contributed by atoms with Crippen LogP contribution in [0, 0.1) is 26.6 Å². The highest BCUT2D eigenvalue weighted by Crippen LogP contribution is 2.24. The Morgan fingerprint density at radius 2 is 1.57 bits per heavy atom. The molecule has 0 unspecified atom stereocenters. The van der Waals surface area contributed by atoms with Crippen LogP contribution in [-0.2, 0) is 21.4 Å². The van der Waals surface area contributed by atoms with Gasteiger partial charge in [-0.15, -0.1) is 0 Å². The Bertz CT molecular complexity index is 1290. The van der Waals surface area contributed by atoms with Crippen LogP contribution in [0.3, 0.4) is 0 Å². The fraction of sp³-hybridized carbons (Fsp3) is 0.296. The molecule has 3 rings (SSSR count). The first-order valence-electron chi connectivity index (χ1n) is 11.3. The number of hydrogen-bond acceptors (Lipinski definition) is 4. The van der Waals surface area contributed by atoms with E-state index in [2.05, 4.69) is 24.4 Å². The van der Waals surface area contributed by atoms with Crippen molar-refractivity contribution < 1.29 is 22.3 Å². The third-order valence-electron chi connectivity index (χ3n) is 5.86. The lowest BCUT2D eigenvalue weighted by Crippen LogP contribution is -2.31. The number of carbonyl (C=O) groups is 1. The molecule has 8 heteroatoms. The van der Waals surface area contributed by atoms with E-state index in [4.69, 9.17) is 4.74 Å². The van der Waals surface area contributed by atoms with Gasteiger partial charge in [-0.1, -0.05) is 24.3 Å². The van der Waals surface area contributed by atoms with Gasteiger partial charge < -0.3 is 10.1 Å². The maximum Gasteiger partial charge on any atom is 0.258 e. The number of aryl methyl sites for hydroxylation is 3. The number of carbonyl (C=O) groups excluding carboxylic acids is 1. The van der Waals surface area contributed by atoms with Crippen molar-refractivity contribution in [3.05, 3.63) is 94.3 Å². The molecule has 6 nitrogen and oxygen atoms in total. The van der Waals surface area contributed by atoms with E-state index in [9.17, 15) is 17.6 Å². The van der Waals surface area contributed by atoms with Crippen molar-refractivity contribution in [2.24, 2.45) is 0 Å². The molecule has 0 aromatic heterocycles. The van der Waals surface area contributed by atoms with Gasteiger partial charge in [-0.05, 0) is 91.9 Å². The van der Waals surface area contributed by atoms with E-state index < -0.39 is 10.0 Å². The monoisotopic (exact) mass is 498 g/mol. The van der Waals surface area contributed by atoms with E-state index in [1.165, 1.54) is 27.6 Å². The van der Waals surface area contributed by atoms with E-state index in [1.54, 1.807) is 36.4 Å². The van der Waals surface area contributed by atoms with Crippen LogP contribution in [0.1, 0.15) is 40.8 Å². The zero-order chi connectivity index (χ0) is 25.8. The quantitative estimate of drug-likeness (QED) is 0.452. The van der Waals surface area contributed by atoms with Crippen LogP contribution in [0.4, 0.5) is 10.1 Å². The maximum atomic E-state index is 13.2. The predicted molar refractivity (Wildman–Crippen MR) is 137 cm³/mol. The smallest absolute Gasteiger partial charge is 0.258 e. The van der Waals surface area contributed by atoms with Gasteiger partial charge in [-0.2, -0.15) is 0 Å². The zero-order valence-corrected chi connectivity index (χ0v) is 21.4. The zero-order valence-electron chi connectivity index (χ0n) is 20.6. The number of amides is 1. The number of hydrogen-bond donors (Lipinski definition) is 1. The molecule has 0 spiro atoms. The van der Waals surface area contributed by atoms with Crippen LogP contribution >= 0.6 is 0 Å². The van der Waals surface area contributed by atoms with Crippen LogP contribution in [0.25, 0.3) is 0 Å². The molecule has 0 saturated heterocycles. The van der Waals surface area contributed by atoms with Crippen LogP contribution in [0.15, 0.2) is 60.7 Å². The molecule has 1 atom stereocenters. The summed E-state index contributed by atoms with van der Waals surface area (Å²) in [5, 5.41) is 2.96. The number of sulfonamides is 1. The Labute approximate surface area is 206 Å². The summed E-state index contributed by atoms with van der Waals surface area (Å²) in [5.41, 5.74) is 5.66. The fourth-order valence-electron chi connectivity index (χ4n) is 3.82. The summed E-state index contributed by atoms with van der Waals surface area (Å²) in [6.45, 7) is 7.97. The Morgan fingerprint density at radius 3 is 2.17 bits per heavy atom. The second-order valence-corrected chi connectivity index (χ2v) is 10.7. The number of ether oxygens (including phenoxy) is 1. The lowest BCUT2D eigenvalue weighted by Gasteiger charge is -2.23. The molecule has 1 amide bonds. The largest absolute Gasteiger partial charge is 0.484 e. The van der Waals surface area contributed by atoms with Crippen LogP contribution in [0.2, 0.25) is 0 Å². The van der Waals surface area contributed by atoms with Gasteiger partial charge in [0, 0.05) is 0 Å².